The average molecular weight is 494 g/mol. The number of urea groups is 1. The molecule has 0 aliphatic heterocycles. The van der Waals surface area contributed by atoms with E-state index in [4.69, 9.17) is 11.6 Å². The first kappa shape index (κ1) is 23.6. The SMILES string of the molecule is O=C(NCc1ccc(F)cc1Cl)Nc1ccc(N[S+]([O-])c2ccccc2-c2ccccc2)cc1. The Morgan fingerprint density at radius 2 is 1.56 bits per heavy atom. The second-order valence-electron chi connectivity index (χ2n) is 7.35. The van der Waals surface area contributed by atoms with E-state index in [0.29, 0.717) is 21.8 Å². The number of amides is 2. The standard InChI is InChI=1S/C26H21ClFN3O2S/c27-24-16-20(28)11-10-19(24)17-29-26(32)30-21-12-14-22(15-13-21)31-34(33)25-9-5-4-8-23(25)18-6-2-1-3-7-18/h1-16,31H,17H2,(H2,29,30,32). The summed E-state index contributed by atoms with van der Waals surface area (Å²) in [5.74, 6) is -0.434. The van der Waals surface area contributed by atoms with Crippen LogP contribution in [0, 0.1) is 5.82 Å². The van der Waals surface area contributed by atoms with E-state index >= 15 is 0 Å². The third kappa shape index (κ3) is 6.08. The molecule has 34 heavy (non-hydrogen) atoms. The van der Waals surface area contributed by atoms with Gasteiger partial charge in [-0.1, -0.05) is 60.1 Å². The fourth-order valence-electron chi connectivity index (χ4n) is 3.28. The molecule has 8 heteroatoms. The summed E-state index contributed by atoms with van der Waals surface area (Å²) in [7, 11) is 0. The molecule has 5 nitrogen and oxygen atoms in total. The molecule has 0 aliphatic carbocycles. The summed E-state index contributed by atoms with van der Waals surface area (Å²) in [6, 6.07) is 27.8. The van der Waals surface area contributed by atoms with Crippen molar-refractivity contribution in [3.05, 3.63) is 113 Å². The van der Waals surface area contributed by atoms with Gasteiger partial charge in [-0.2, -0.15) is 0 Å². The van der Waals surface area contributed by atoms with Crippen molar-refractivity contribution in [2.75, 3.05) is 10.0 Å². The van der Waals surface area contributed by atoms with Gasteiger partial charge in [0.2, 0.25) is 0 Å². The molecule has 4 aromatic carbocycles. The Hall–Kier alpha value is -3.52. The van der Waals surface area contributed by atoms with Gasteiger partial charge in [0.15, 0.2) is 4.90 Å². The first-order valence-corrected chi connectivity index (χ1v) is 11.9. The molecular weight excluding hydrogens is 473 g/mol. The van der Waals surface area contributed by atoms with Crippen molar-refractivity contribution in [2.24, 2.45) is 0 Å². The molecule has 0 heterocycles. The van der Waals surface area contributed by atoms with Gasteiger partial charge < -0.3 is 15.2 Å². The molecule has 0 aromatic heterocycles. The maximum Gasteiger partial charge on any atom is 0.319 e. The largest absolute Gasteiger partial charge is 0.588 e. The molecule has 0 aliphatic rings. The van der Waals surface area contributed by atoms with Crippen LogP contribution < -0.4 is 15.4 Å². The van der Waals surface area contributed by atoms with E-state index in [-0.39, 0.29) is 11.6 Å². The topological polar surface area (TPSA) is 76.2 Å². The number of carbonyl (C=O) groups excluding carboxylic acids is 1. The van der Waals surface area contributed by atoms with Crippen molar-refractivity contribution in [3.8, 4) is 11.1 Å². The number of halogens is 2. The predicted octanol–water partition coefficient (Wildman–Crippen LogP) is 6.60. The Bertz CT molecular complexity index is 1270. The van der Waals surface area contributed by atoms with E-state index in [2.05, 4.69) is 15.4 Å². The molecule has 1 unspecified atom stereocenters. The highest BCUT2D eigenvalue weighted by atomic mass is 35.5. The van der Waals surface area contributed by atoms with Gasteiger partial charge in [0.05, 0.1) is 5.69 Å². The Morgan fingerprint density at radius 3 is 2.29 bits per heavy atom. The van der Waals surface area contributed by atoms with Crippen LogP contribution in [0.5, 0.6) is 0 Å². The van der Waals surface area contributed by atoms with Crippen molar-refractivity contribution in [1.82, 2.24) is 5.32 Å². The molecule has 0 spiro atoms. The summed E-state index contributed by atoms with van der Waals surface area (Å²) in [6.45, 7) is 0.157. The number of carbonyl (C=O) groups is 1. The smallest absolute Gasteiger partial charge is 0.319 e. The minimum atomic E-state index is -1.48. The molecule has 0 fully saturated rings. The summed E-state index contributed by atoms with van der Waals surface area (Å²) < 4.78 is 29.2. The summed E-state index contributed by atoms with van der Waals surface area (Å²) in [5.41, 5.74) is 3.69. The van der Waals surface area contributed by atoms with Crippen LogP contribution in [0.1, 0.15) is 5.56 Å². The quantitative estimate of drug-likeness (QED) is 0.254. The molecule has 1 atom stereocenters. The summed E-state index contributed by atoms with van der Waals surface area (Å²) in [6.07, 6.45) is 0. The Balaban J connectivity index is 1.35. The van der Waals surface area contributed by atoms with Crippen LogP contribution in [0.15, 0.2) is 102 Å². The lowest BCUT2D eigenvalue weighted by molar-refractivity contribution is 0.251. The first-order valence-electron chi connectivity index (χ1n) is 10.4. The number of benzene rings is 4. The molecule has 0 saturated heterocycles. The molecule has 0 saturated carbocycles. The Morgan fingerprint density at radius 1 is 0.882 bits per heavy atom. The molecule has 4 rings (SSSR count). The lowest BCUT2D eigenvalue weighted by Gasteiger charge is -2.15. The van der Waals surface area contributed by atoms with Crippen LogP contribution in [0.25, 0.3) is 11.1 Å². The van der Waals surface area contributed by atoms with E-state index < -0.39 is 23.2 Å². The molecule has 3 N–H and O–H groups in total. The second-order valence-corrected chi connectivity index (χ2v) is 8.94. The van der Waals surface area contributed by atoms with E-state index in [0.717, 1.165) is 11.1 Å². The molecular formula is C26H21ClFN3O2S. The Kier molecular flexibility index (Phi) is 7.69. The monoisotopic (exact) mass is 493 g/mol. The van der Waals surface area contributed by atoms with Gasteiger partial charge in [-0.15, -0.1) is 0 Å². The zero-order valence-electron chi connectivity index (χ0n) is 17.9. The van der Waals surface area contributed by atoms with Gasteiger partial charge in [0, 0.05) is 22.8 Å². The van der Waals surface area contributed by atoms with E-state index in [1.807, 2.05) is 54.6 Å². The van der Waals surface area contributed by atoms with Crippen LogP contribution in [0.2, 0.25) is 5.02 Å². The van der Waals surface area contributed by atoms with Crippen molar-refractivity contribution in [3.63, 3.8) is 0 Å². The number of anilines is 2. The van der Waals surface area contributed by atoms with Gasteiger partial charge in [0.25, 0.3) is 0 Å². The minimum absolute atomic E-state index is 0.157. The van der Waals surface area contributed by atoms with Gasteiger partial charge >= 0.3 is 6.03 Å². The number of nitrogens with one attached hydrogen (secondary N) is 3. The summed E-state index contributed by atoms with van der Waals surface area (Å²) >= 11 is 4.50. The third-order valence-electron chi connectivity index (χ3n) is 4.98. The fourth-order valence-corrected chi connectivity index (χ4v) is 4.57. The van der Waals surface area contributed by atoms with Crippen molar-refractivity contribution in [1.29, 1.82) is 0 Å². The molecule has 0 bridgehead atoms. The van der Waals surface area contributed by atoms with Crippen LogP contribution >= 0.6 is 11.6 Å². The van der Waals surface area contributed by atoms with E-state index in [1.54, 1.807) is 24.3 Å². The Labute approximate surface area is 205 Å². The first-order chi connectivity index (χ1) is 16.5. The lowest BCUT2D eigenvalue weighted by Crippen LogP contribution is -2.28. The number of hydrogen-bond donors (Lipinski definition) is 3. The van der Waals surface area contributed by atoms with Crippen molar-refractivity contribution < 1.29 is 13.7 Å². The third-order valence-corrected chi connectivity index (χ3v) is 6.51. The van der Waals surface area contributed by atoms with Crippen molar-refractivity contribution in [2.45, 2.75) is 11.4 Å². The van der Waals surface area contributed by atoms with E-state index in [1.165, 1.54) is 18.2 Å². The maximum atomic E-state index is 13.1. The van der Waals surface area contributed by atoms with Crippen LogP contribution in [-0.2, 0) is 17.9 Å². The molecule has 172 valence electrons. The zero-order chi connectivity index (χ0) is 23.9. The molecule has 4 aromatic rings. The van der Waals surface area contributed by atoms with Gasteiger partial charge in [-0.05, 0) is 59.7 Å². The average Bonchev–Trinajstić information content (AvgIpc) is 2.85. The minimum Gasteiger partial charge on any atom is -0.588 e. The molecule has 2 amide bonds. The summed E-state index contributed by atoms with van der Waals surface area (Å²) in [5, 5.41) is 5.64. The van der Waals surface area contributed by atoms with Gasteiger partial charge in [-0.25, -0.2) is 13.9 Å². The maximum absolute atomic E-state index is 13.1. The normalized spacial score (nSPS) is 11.5. The highest BCUT2D eigenvalue weighted by molar-refractivity contribution is 7.92. The van der Waals surface area contributed by atoms with Crippen LogP contribution in [0.4, 0.5) is 20.6 Å². The highest BCUT2D eigenvalue weighted by Crippen LogP contribution is 2.28. The van der Waals surface area contributed by atoms with Crippen LogP contribution in [0.3, 0.4) is 0 Å². The highest BCUT2D eigenvalue weighted by Gasteiger charge is 2.18. The predicted molar refractivity (Wildman–Crippen MR) is 136 cm³/mol. The lowest BCUT2D eigenvalue weighted by atomic mass is 10.1. The molecule has 0 radical (unpaired) electrons. The second kappa shape index (κ2) is 11.1. The van der Waals surface area contributed by atoms with Gasteiger partial charge in [0.1, 0.15) is 17.2 Å². The zero-order valence-corrected chi connectivity index (χ0v) is 19.5. The van der Waals surface area contributed by atoms with Crippen molar-refractivity contribution >= 4 is 40.4 Å². The van der Waals surface area contributed by atoms with E-state index in [9.17, 15) is 13.7 Å². The number of rotatable bonds is 7. The fraction of sp³-hybridized carbons (Fsp3) is 0.0385. The van der Waals surface area contributed by atoms with Gasteiger partial charge in [-0.3, -0.25) is 0 Å². The van der Waals surface area contributed by atoms with Crippen LogP contribution in [-0.4, -0.2) is 10.6 Å². The number of hydrogen-bond acceptors (Lipinski definition) is 3. The summed E-state index contributed by atoms with van der Waals surface area (Å²) in [4.78, 5) is 12.9.